The SMILES string of the molecule is C.C.CCC1(CC(=O)O)C[C@H]2CC[C@@H]2C1.NCC1(CC(=O)O)CC2CC2C1.NCC1(CC(=O)O)CCC2CC21.NCC1(CC(=O)O)CCC2CC2C1.NCC1(CC(=O)O)CCCC2CC21.NCC1(CC(=O)O)C[C@H]2CC[C@H]2C1.NCC1(CC(=O)O)C[C@H]2CC[C@H]2C1. The minimum Gasteiger partial charge on any atom is -0.481 e. The van der Waals surface area contributed by atoms with Gasteiger partial charge in [0.05, 0.1) is 44.9 Å². The first-order valence-corrected chi connectivity index (χ1v) is 34.8. The van der Waals surface area contributed by atoms with Crippen molar-refractivity contribution in [3.8, 4) is 0 Å². The van der Waals surface area contributed by atoms with Crippen molar-refractivity contribution in [2.75, 3.05) is 39.3 Å². The molecule has 14 aliphatic carbocycles. The fourth-order valence-electron chi connectivity index (χ4n) is 20.8. The summed E-state index contributed by atoms with van der Waals surface area (Å²) in [6.45, 7) is 5.45. The van der Waals surface area contributed by atoms with Crippen molar-refractivity contribution in [3.05, 3.63) is 0 Å². The molecule has 0 radical (unpaired) electrons. The van der Waals surface area contributed by atoms with E-state index in [1.54, 1.807) is 0 Å². The van der Waals surface area contributed by atoms with Crippen molar-refractivity contribution in [1.29, 1.82) is 0 Å². The second-order valence-corrected chi connectivity index (χ2v) is 32.6. The van der Waals surface area contributed by atoms with Crippen LogP contribution in [0.25, 0.3) is 0 Å². The van der Waals surface area contributed by atoms with Crippen LogP contribution < -0.4 is 34.4 Å². The molecule has 19 N–H and O–H groups in total. The van der Waals surface area contributed by atoms with Gasteiger partial charge >= 0.3 is 41.8 Å². The second-order valence-electron chi connectivity index (χ2n) is 32.6. The summed E-state index contributed by atoms with van der Waals surface area (Å²) in [7, 11) is 0. The number of carboxylic acid groups (broad SMARTS) is 7. The molecule has 0 aromatic rings. The summed E-state index contributed by atoms with van der Waals surface area (Å²) in [6.07, 6.45) is 33.8. The van der Waals surface area contributed by atoms with Gasteiger partial charge in [-0.25, -0.2) is 0 Å². The number of carbonyl (C=O) groups is 7. The molecule has 14 fully saturated rings. The van der Waals surface area contributed by atoms with E-state index in [-0.39, 0.29) is 91.3 Å². The average molecular weight is 1290 g/mol. The van der Waals surface area contributed by atoms with E-state index in [9.17, 15) is 33.6 Å². The average Bonchev–Trinajstić information content (AvgIpc) is 1.70. The van der Waals surface area contributed by atoms with Gasteiger partial charge in [-0.2, -0.15) is 0 Å². The van der Waals surface area contributed by atoms with E-state index < -0.39 is 41.8 Å². The minimum atomic E-state index is -0.693. The predicted octanol–water partition coefficient (Wildman–Crippen LogP) is 10.5. The molecule has 0 heterocycles. The number of rotatable bonds is 21. The number of nitrogens with two attached hydrogens (primary N) is 6. The Balaban J connectivity index is 0.000000168. The lowest BCUT2D eigenvalue weighted by Crippen LogP contribution is -2.37. The first-order chi connectivity index (χ1) is 42.1. The molecule has 14 saturated carbocycles. The molecule has 14 rings (SSSR count). The summed E-state index contributed by atoms with van der Waals surface area (Å²) in [5, 5.41) is 61.6. The molecule has 522 valence electrons. The zero-order chi connectivity index (χ0) is 64.9. The number of aliphatic carboxylic acids is 7. The molecule has 91 heavy (non-hydrogen) atoms. The Morgan fingerprint density at radius 3 is 0.857 bits per heavy atom. The molecule has 19 atom stereocenters. The van der Waals surface area contributed by atoms with Crippen LogP contribution in [0.1, 0.15) is 240 Å². The molecule has 0 bridgehead atoms. The lowest BCUT2D eigenvalue weighted by molar-refractivity contribution is -0.141. The molecule has 0 amide bonds. The van der Waals surface area contributed by atoms with E-state index in [1.807, 2.05) is 0 Å². The molecular weight excluding hydrogens is 1160 g/mol. The standard InChI is InChI=1S/C11H18O2.4C10H17NO2.2C9H15NO2.2CH4/c1-2-11(7-10(12)13)5-8-3-4-9(8)6-11;11-6-10(5-9(12)13)2-1-7-3-8(7)4-10;2*11-6-10(5-9(12)13)3-7-1-2-8(7)4-10;11-6-10(5-9(12)13)3-1-2-7-4-8(7)10;10-5-9(4-8(11)12)2-6-1-7(6)3-9;10-5-9(4-8(11)12)2-1-6-3-7(6)9;;/h8-9H,2-7H2,1H3,(H,12,13);4*7-8H,1-6,11H2,(H,12,13);2*6-7H,1-5,10H2,(H,11,12);2*1H4/t8-,9-;;2*7-,8+,10?;;;;;/m1......../s1. The van der Waals surface area contributed by atoms with E-state index in [0.717, 1.165) is 142 Å². The highest BCUT2D eigenvalue weighted by atomic mass is 16.4. The van der Waals surface area contributed by atoms with Crippen LogP contribution in [0, 0.1) is 121 Å². The van der Waals surface area contributed by atoms with E-state index in [2.05, 4.69) is 6.92 Å². The predicted molar refractivity (Wildman–Crippen MR) is 350 cm³/mol. The Labute approximate surface area is 543 Å². The molecular formula is C71H124N6O14. The van der Waals surface area contributed by atoms with Crippen molar-refractivity contribution >= 4 is 41.8 Å². The van der Waals surface area contributed by atoms with Crippen molar-refractivity contribution < 1.29 is 69.3 Å². The molecule has 13 unspecified atom stereocenters. The Hall–Kier alpha value is -3.95. The molecule has 0 aromatic heterocycles. The Bertz CT molecular complexity index is 2300. The minimum absolute atomic E-state index is 0. The quantitative estimate of drug-likeness (QED) is 0.0508. The van der Waals surface area contributed by atoms with Crippen LogP contribution in [0.3, 0.4) is 0 Å². The topological polar surface area (TPSA) is 417 Å². The van der Waals surface area contributed by atoms with Gasteiger partial charge < -0.3 is 70.1 Å². The van der Waals surface area contributed by atoms with Crippen LogP contribution in [0.2, 0.25) is 0 Å². The third-order valence-corrected chi connectivity index (χ3v) is 26.8. The van der Waals surface area contributed by atoms with Gasteiger partial charge in [-0.05, 0) is 321 Å². The number of hydrogen-bond acceptors (Lipinski definition) is 13. The Morgan fingerprint density at radius 1 is 0.297 bits per heavy atom. The third kappa shape index (κ3) is 19.0. The highest BCUT2D eigenvalue weighted by Crippen LogP contribution is 2.65. The summed E-state index contributed by atoms with van der Waals surface area (Å²) in [6, 6.07) is 0. The first kappa shape index (κ1) is 76.1. The smallest absolute Gasteiger partial charge is 0.303 e. The fourth-order valence-corrected chi connectivity index (χ4v) is 20.8. The van der Waals surface area contributed by atoms with E-state index in [4.69, 9.17) is 70.1 Å². The lowest BCUT2D eigenvalue weighted by Gasteiger charge is -2.34. The van der Waals surface area contributed by atoms with Crippen LogP contribution in [-0.2, 0) is 33.6 Å². The van der Waals surface area contributed by atoms with Gasteiger partial charge in [0.25, 0.3) is 0 Å². The van der Waals surface area contributed by atoms with Gasteiger partial charge in [-0.1, -0.05) is 34.6 Å². The van der Waals surface area contributed by atoms with Crippen LogP contribution in [-0.4, -0.2) is 117 Å². The van der Waals surface area contributed by atoms with Crippen molar-refractivity contribution in [2.45, 2.75) is 240 Å². The zero-order valence-electron chi connectivity index (χ0n) is 53.8. The molecule has 0 saturated heterocycles. The maximum atomic E-state index is 10.8. The number of carboxylic acids is 7. The molecule has 0 aromatic carbocycles. The molecule has 20 heteroatoms. The number of fused-ring (bicyclic) bond motifs is 7. The highest BCUT2D eigenvalue weighted by Gasteiger charge is 2.59. The van der Waals surface area contributed by atoms with E-state index >= 15 is 0 Å². The van der Waals surface area contributed by atoms with Crippen molar-refractivity contribution in [2.24, 2.45) is 155 Å². The van der Waals surface area contributed by atoms with Gasteiger partial charge in [-0.3, -0.25) is 33.6 Å². The van der Waals surface area contributed by atoms with Gasteiger partial charge in [0.15, 0.2) is 0 Å². The van der Waals surface area contributed by atoms with Gasteiger partial charge in [-0.15, -0.1) is 0 Å². The van der Waals surface area contributed by atoms with Crippen LogP contribution in [0.15, 0.2) is 0 Å². The van der Waals surface area contributed by atoms with Gasteiger partial charge in [0, 0.05) is 0 Å². The largest absolute Gasteiger partial charge is 0.481 e. The summed E-state index contributed by atoms with van der Waals surface area (Å²) >= 11 is 0. The van der Waals surface area contributed by atoms with Gasteiger partial charge in [0.1, 0.15) is 0 Å². The lowest BCUT2D eigenvalue weighted by atomic mass is 9.71. The number of hydrogen-bond donors (Lipinski definition) is 13. The fraction of sp³-hybridized carbons (Fsp3) is 0.901. The molecule has 14 aliphatic rings. The maximum absolute atomic E-state index is 10.8. The summed E-state index contributed by atoms with van der Waals surface area (Å²) in [5.41, 5.74) is 34.0. The Morgan fingerprint density at radius 2 is 0.571 bits per heavy atom. The van der Waals surface area contributed by atoms with Crippen molar-refractivity contribution in [1.82, 2.24) is 0 Å². The third-order valence-electron chi connectivity index (χ3n) is 26.8. The zero-order valence-corrected chi connectivity index (χ0v) is 53.8. The van der Waals surface area contributed by atoms with Crippen LogP contribution >= 0.6 is 0 Å². The van der Waals surface area contributed by atoms with E-state index in [0.29, 0.717) is 57.5 Å². The molecule has 0 spiro atoms. The first-order valence-electron chi connectivity index (χ1n) is 34.8. The Kier molecular flexibility index (Phi) is 26.2. The monoisotopic (exact) mass is 1280 g/mol. The summed E-state index contributed by atoms with van der Waals surface area (Å²) < 4.78 is 0. The molecule has 20 nitrogen and oxygen atoms in total. The van der Waals surface area contributed by atoms with Crippen LogP contribution in [0.4, 0.5) is 0 Å². The molecule has 0 aliphatic heterocycles. The van der Waals surface area contributed by atoms with Crippen LogP contribution in [0.5, 0.6) is 0 Å². The summed E-state index contributed by atoms with van der Waals surface area (Å²) in [5.74, 6) is 6.41. The van der Waals surface area contributed by atoms with Gasteiger partial charge in [0.2, 0.25) is 0 Å². The summed E-state index contributed by atoms with van der Waals surface area (Å²) in [4.78, 5) is 74.8. The second kappa shape index (κ2) is 31.3. The normalized spacial score (nSPS) is 41.0. The van der Waals surface area contributed by atoms with Crippen molar-refractivity contribution in [3.63, 3.8) is 0 Å². The maximum Gasteiger partial charge on any atom is 0.303 e. The van der Waals surface area contributed by atoms with E-state index in [1.165, 1.54) is 103 Å². The highest BCUT2D eigenvalue weighted by molar-refractivity contribution is 5.70.